The van der Waals surface area contributed by atoms with Crippen molar-refractivity contribution in [2.24, 2.45) is 0 Å². The maximum absolute atomic E-state index is 14.2. The lowest BCUT2D eigenvalue weighted by molar-refractivity contribution is -0.138. The van der Waals surface area contributed by atoms with Crippen LogP contribution in [-0.4, -0.2) is 54.6 Å². The van der Waals surface area contributed by atoms with Crippen molar-refractivity contribution in [3.8, 4) is 0 Å². The maximum Gasteiger partial charge on any atom is 0.337 e. The molecule has 2 aliphatic rings. The molecule has 0 aromatic heterocycles. The second-order valence-corrected chi connectivity index (χ2v) is 8.17. The first-order chi connectivity index (χ1) is 11.8. The van der Waals surface area contributed by atoms with Gasteiger partial charge in [0.25, 0.3) is 0 Å². The van der Waals surface area contributed by atoms with E-state index in [1.807, 2.05) is 23.9 Å². The molecular formula is C17H20ClFN2O3S. The number of nitrogens with zero attached hydrogens (tertiary/aromatic N) is 2. The quantitative estimate of drug-likeness (QED) is 0.744. The first kappa shape index (κ1) is 18.4. The first-order valence-electron chi connectivity index (χ1n) is 8.06. The molecule has 2 atom stereocenters. The molecule has 2 aliphatic heterocycles. The van der Waals surface area contributed by atoms with Crippen molar-refractivity contribution < 1.29 is 18.1 Å². The third-order valence-electron chi connectivity index (χ3n) is 4.32. The number of likely N-dealkylation sites (N-methyl/N-ethyl adjacent to an activating group) is 1. The highest BCUT2D eigenvalue weighted by Crippen LogP contribution is 2.46. The monoisotopic (exact) mass is 386 g/mol. The molecule has 1 saturated heterocycles. The van der Waals surface area contributed by atoms with E-state index in [9.17, 15) is 13.4 Å². The van der Waals surface area contributed by atoms with Gasteiger partial charge in [-0.05, 0) is 38.7 Å². The maximum atomic E-state index is 14.2. The van der Waals surface area contributed by atoms with Crippen molar-refractivity contribution in [2.45, 2.75) is 12.8 Å². The minimum Gasteiger partial charge on any atom is -0.463 e. The molecule has 5 nitrogen and oxygen atoms in total. The Balaban J connectivity index is 2.24. The highest BCUT2D eigenvalue weighted by atomic mass is 35.5. The van der Waals surface area contributed by atoms with Gasteiger partial charge in [0.05, 0.1) is 28.0 Å². The summed E-state index contributed by atoms with van der Waals surface area (Å²) in [5.41, 5.74) is 1.74. The number of hydrogen-bond acceptors (Lipinski definition) is 5. The minimum absolute atomic E-state index is 0.0129. The average Bonchev–Trinajstić information content (AvgIpc) is 2.91. The van der Waals surface area contributed by atoms with Crippen LogP contribution in [0.25, 0.3) is 0 Å². The zero-order valence-electron chi connectivity index (χ0n) is 14.3. The Hall–Kier alpha value is -1.44. The number of rotatable bonds is 4. The third kappa shape index (κ3) is 3.20. The molecule has 25 heavy (non-hydrogen) atoms. The van der Waals surface area contributed by atoms with Crippen molar-refractivity contribution >= 4 is 34.1 Å². The van der Waals surface area contributed by atoms with Crippen LogP contribution < -0.4 is 4.90 Å². The molecular weight excluding hydrogens is 367 g/mol. The van der Waals surface area contributed by atoms with E-state index in [-0.39, 0.29) is 11.6 Å². The fraction of sp³-hybridized carbons (Fsp3) is 0.471. The predicted octanol–water partition coefficient (Wildman–Crippen LogP) is 2.48. The van der Waals surface area contributed by atoms with E-state index < -0.39 is 28.5 Å². The number of benzene rings is 1. The molecule has 0 bridgehead atoms. The van der Waals surface area contributed by atoms with Crippen LogP contribution >= 0.6 is 11.6 Å². The fourth-order valence-electron chi connectivity index (χ4n) is 3.36. The van der Waals surface area contributed by atoms with Gasteiger partial charge in [-0.3, -0.25) is 4.21 Å². The zero-order valence-corrected chi connectivity index (χ0v) is 15.9. The molecule has 0 N–H and O–H groups in total. The SMILES string of the molecule is CCOC(=O)C1=C2N(CCS2=O)c2cc(Cl)c(F)cc2C1CN(C)C. The van der Waals surface area contributed by atoms with Crippen LogP contribution in [0.4, 0.5) is 10.1 Å². The van der Waals surface area contributed by atoms with Crippen LogP contribution in [-0.2, 0) is 20.3 Å². The van der Waals surface area contributed by atoms with Gasteiger partial charge < -0.3 is 14.5 Å². The van der Waals surface area contributed by atoms with Gasteiger partial charge >= 0.3 is 5.97 Å². The molecule has 1 aromatic carbocycles. The zero-order chi connectivity index (χ0) is 18.3. The van der Waals surface area contributed by atoms with Gasteiger partial charge in [0.15, 0.2) is 0 Å². The van der Waals surface area contributed by atoms with Crippen molar-refractivity contribution in [1.82, 2.24) is 4.90 Å². The van der Waals surface area contributed by atoms with Crippen molar-refractivity contribution in [1.29, 1.82) is 0 Å². The number of carbonyl (C=O) groups excluding carboxylic acids is 1. The summed E-state index contributed by atoms with van der Waals surface area (Å²) >= 11 is 5.98. The Morgan fingerprint density at radius 3 is 2.84 bits per heavy atom. The van der Waals surface area contributed by atoms with E-state index in [0.29, 0.717) is 40.7 Å². The van der Waals surface area contributed by atoms with Crippen LogP contribution in [0.2, 0.25) is 5.02 Å². The summed E-state index contributed by atoms with van der Waals surface area (Å²) in [5.74, 6) is -1.03. The van der Waals surface area contributed by atoms with Gasteiger partial charge in [0.2, 0.25) is 0 Å². The Kier molecular flexibility index (Phi) is 5.18. The lowest BCUT2D eigenvalue weighted by Gasteiger charge is -2.35. The molecule has 0 amide bonds. The van der Waals surface area contributed by atoms with Gasteiger partial charge in [-0.15, -0.1) is 0 Å². The Morgan fingerprint density at radius 1 is 1.48 bits per heavy atom. The van der Waals surface area contributed by atoms with E-state index in [1.165, 1.54) is 6.07 Å². The molecule has 1 fully saturated rings. The lowest BCUT2D eigenvalue weighted by Crippen LogP contribution is -2.35. The van der Waals surface area contributed by atoms with E-state index in [0.717, 1.165) is 0 Å². The van der Waals surface area contributed by atoms with Crippen molar-refractivity contribution in [3.05, 3.63) is 39.1 Å². The average molecular weight is 387 g/mol. The smallest absolute Gasteiger partial charge is 0.337 e. The molecule has 0 spiro atoms. The number of anilines is 1. The van der Waals surface area contributed by atoms with Crippen molar-refractivity contribution in [3.63, 3.8) is 0 Å². The molecule has 0 radical (unpaired) electrons. The van der Waals surface area contributed by atoms with Crippen molar-refractivity contribution in [2.75, 3.05) is 44.4 Å². The molecule has 3 rings (SSSR count). The number of ether oxygens (including phenoxy) is 1. The molecule has 0 saturated carbocycles. The lowest BCUT2D eigenvalue weighted by atomic mass is 9.86. The Bertz CT molecular complexity index is 781. The number of esters is 1. The largest absolute Gasteiger partial charge is 0.463 e. The van der Waals surface area contributed by atoms with Crippen LogP contribution in [0.3, 0.4) is 0 Å². The highest BCUT2D eigenvalue weighted by Gasteiger charge is 2.42. The summed E-state index contributed by atoms with van der Waals surface area (Å²) in [5, 5.41) is 0.486. The predicted molar refractivity (Wildman–Crippen MR) is 96.7 cm³/mol. The number of fused-ring (bicyclic) bond motifs is 3. The topological polar surface area (TPSA) is 49.9 Å². The van der Waals surface area contributed by atoms with Gasteiger partial charge in [-0.25, -0.2) is 9.18 Å². The van der Waals surface area contributed by atoms with Gasteiger partial charge in [0, 0.05) is 30.4 Å². The normalized spacial score (nSPS) is 22.2. The molecule has 2 unspecified atom stereocenters. The van der Waals surface area contributed by atoms with Gasteiger partial charge in [-0.1, -0.05) is 11.6 Å². The van der Waals surface area contributed by atoms with Gasteiger partial charge in [-0.2, -0.15) is 0 Å². The molecule has 1 aromatic rings. The van der Waals surface area contributed by atoms with E-state index in [4.69, 9.17) is 16.3 Å². The van der Waals surface area contributed by atoms with Crippen LogP contribution in [0.1, 0.15) is 18.4 Å². The number of carbonyl (C=O) groups is 1. The minimum atomic E-state index is -1.30. The second kappa shape index (κ2) is 7.05. The second-order valence-electron chi connectivity index (χ2n) is 6.28. The molecule has 0 aliphatic carbocycles. The Morgan fingerprint density at radius 2 is 2.20 bits per heavy atom. The van der Waals surface area contributed by atoms with E-state index in [2.05, 4.69) is 0 Å². The summed E-state index contributed by atoms with van der Waals surface area (Å²) in [6, 6.07) is 2.93. The first-order valence-corrected chi connectivity index (χ1v) is 9.75. The summed E-state index contributed by atoms with van der Waals surface area (Å²) in [6.07, 6.45) is 0. The summed E-state index contributed by atoms with van der Waals surface area (Å²) in [7, 11) is 2.45. The molecule has 2 heterocycles. The van der Waals surface area contributed by atoms with E-state index in [1.54, 1.807) is 13.0 Å². The molecule has 8 heteroatoms. The number of hydrogen-bond donors (Lipinski definition) is 0. The summed E-state index contributed by atoms with van der Waals surface area (Å²) in [4.78, 5) is 16.4. The van der Waals surface area contributed by atoms with Crippen LogP contribution in [0.5, 0.6) is 0 Å². The summed E-state index contributed by atoms with van der Waals surface area (Å²) < 4.78 is 32.0. The van der Waals surface area contributed by atoms with Crippen LogP contribution in [0.15, 0.2) is 22.7 Å². The molecule has 136 valence electrons. The van der Waals surface area contributed by atoms with Gasteiger partial charge in [0.1, 0.15) is 10.8 Å². The Labute approximate surface area is 153 Å². The number of halogens is 2. The third-order valence-corrected chi connectivity index (χ3v) is 6.03. The fourth-order valence-corrected chi connectivity index (χ4v) is 4.96. The van der Waals surface area contributed by atoms with E-state index >= 15 is 0 Å². The van der Waals surface area contributed by atoms with Crippen LogP contribution in [0, 0.1) is 5.82 Å². The standard InChI is InChI=1S/C17H20ClFN2O3S/c1-4-24-17(22)15-11(9-20(2)3)10-7-13(19)12(18)8-14(10)21-5-6-25(23)16(15)21/h7-8,11H,4-6,9H2,1-3H3. The summed E-state index contributed by atoms with van der Waals surface area (Å²) in [6.45, 7) is 2.91. The highest BCUT2D eigenvalue weighted by molar-refractivity contribution is 7.89.